The quantitative estimate of drug-likeness (QED) is 0.0291. The molecule has 354 valence electrons. The molecule has 9 nitrogen and oxygen atoms in total. The Hall–Kier alpha value is -1.39. The molecule has 0 aliphatic carbocycles. The maximum atomic E-state index is 14.0. The lowest BCUT2D eigenvalue weighted by Gasteiger charge is -2.39. The molecule has 2 aliphatic heterocycles. The van der Waals surface area contributed by atoms with Gasteiger partial charge in [0.15, 0.2) is 25.0 Å². The third-order valence-corrected chi connectivity index (χ3v) is 29.2. The molecule has 0 aromatic rings. The smallest absolute Gasteiger partial charge is 0.308 e. The first-order valence-corrected chi connectivity index (χ1v) is 32.0. The predicted molar refractivity (Wildman–Crippen MR) is 259 cm³/mol. The SMILES string of the molecule is CC[C@H](O[Si](CC)(CC)CC)[C@@H](C)[C@@H]1O[C@H]1C[C@](C)(/C=C/C=C(\C)C1OC(=O)CC(O[Si](CC)(CC)CC)CCC(C)(OC)C(OC(C)=O)/C=C\C1C)O[Si](CC)(CC)CC. The topological polar surface area (TPSA) is 102 Å². The van der Waals surface area contributed by atoms with Crippen LogP contribution in [0.3, 0.4) is 0 Å². The summed E-state index contributed by atoms with van der Waals surface area (Å²) in [6.45, 7) is 34.6. The highest BCUT2D eigenvalue weighted by Gasteiger charge is 2.51. The number of rotatable bonds is 25. The van der Waals surface area contributed by atoms with Gasteiger partial charge in [0.1, 0.15) is 17.8 Å². The first-order chi connectivity index (χ1) is 28.7. The van der Waals surface area contributed by atoms with E-state index in [4.69, 9.17) is 32.2 Å². The molecule has 0 spiro atoms. The fourth-order valence-electron chi connectivity index (χ4n) is 9.66. The summed E-state index contributed by atoms with van der Waals surface area (Å²) in [5, 5.41) is 0. The maximum Gasteiger partial charge on any atom is 0.308 e. The van der Waals surface area contributed by atoms with Crippen LogP contribution in [0.15, 0.2) is 36.0 Å². The molecule has 0 saturated carbocycles. The Morgan fingerprint density at radius 3 is 1.95 bits per heavy atom. The van der Waals surface area contributed by atoms with Gasteiger partial charge >= 0.3 is 11.9 Å². The van der Waals surface area contributed by atoms with Crippen molar-refractivity contribution in [1.82, 2.24) is 0 Å². The van der Waals surface area contributed by atoms with Crippen LogP contribution in [0.4, 0.5) is 0 Å². The summed E-state index contributed by atoms with van der Waals surface area (Å²) in [6.07, 6.45) is 12.2. The Balaban J connectivity index is 2.55. The Bertz CT molecular complexity index is 1400. The first kappa shape index (κ1) is 55.7. The van der Waals surface area contributed by atoms with Gasteiger partial charge in [0.2, 0.25) is 0 Å². The number of esters is 2. The summed E-state index contributed by atoms with van der Waals surface area (Å²) >= 11 is 0. The van der Waals surface area contributed by atoms with Crippen molar-refractivity contribution in [2.45, 2.75) is 245 Å². The lowest BCUT2D eigenvalue weighted by atomic mass is 9.88. The van der Waals surface area contributed by atoms with E-state index in [1.54, 1.807) is 7.11 Å². The monoisotopic (exact) mass is 909 g/mol. The van der Waals surface area contributed by atoms with Gasteiger partial charge in [-0.15, -0.1) is 0 Å². The van der Waals surface area contributed by atoms with Gasteiger partial charge < -0.3 is 32.2 Å². The van der Waals surface area contributed by atoms with Crippen LogP contribution in [0.5, 0.6) is 0 Å². The highest BCUT2D eigenvalue weighted by molar-refractivity contribution is 6.74. The molecule has 0 radical (unpaired) electrons. The van der Waals surface area contributed by atoms with Crippen LogP contribution in [0.25, 0.3) is 0 Å². The molecule has 0 N–H and O–H groups in total. The normalized spacial score (nSPS) is 28.6. The number of cyclic esters (lactones) is 1. The maximum absolute atomic E-state index is 14.0. The van der Waals surface area contributed by atoms with Gasteiger partial charge in [-0.1, -0.05) is 107 Å². The summed E-state index contributed by atoms with van der Waals surface area (Å²) in [6, 6.07) is 9.50. The molecule has 12 heteroatoms. The van der Waals surface area contributed by atoms with Crippen LogP contribution in [0.1, 0.15) is 143 Å². The van der Waals surface area contributed by atoms with Crippen molar-refractivity contribution in [3.63, 3.8) is 0 Å². The largest absolute Gasteiger partial charge is 0.457 e. The van der Waals surface area contributed by atoms with Gasteiger partial charge in [-0.2, -0.15) is 0 Å². The van der Waals surface area contributed by atoms with Crippen LogP contribution in [-0.4, -0.2) is 91.8 Å². The molecule has 0 amide bonds. The second-order valence-electron chi connectivity index (χ2n) is 18.9. The second kappa shape index (κ2) is 25.3. The molecular weight excluding hydrogens is 817 g/mol. The molecule has 2 rings (SSSR count). The summed E-state index contributed by atoms with van der Waals surface area (Å²) in [5.74, 6) is -0.575. The lowest BCUT2D eigenvalue weighted by Crippen LogP contribution is -2.46. The standard InChI is InChI=1S/C49H92O9Si3/c1-18-42(57-60(22-5,23-6)24-7)39(13)47-43(54-47)36-48(15,58-61(25-8,26-9)27-10)33-28-29-37(11)46-38(12)30-31-44(53-40(14)50)49(16,52-17)34-32-41(35-45(51)55-46)56-59(19-2,20-3)21-4/h28-31,33,38-39,41-44,46-47H,18-27,32,34-36H2,1-17H3/b31-30-,33-28+,37-29+/t38?,39-,41?,42+,43+,44?,46?,47+,48+,49?/m1/s1. The fraction of sp³-hybridized carbons (Fsp3) is 0.837. The van der Waals surface area contributed by atoms with Crippen LogP contribution >= 0.6 is 0 Å². The van der Waals surface area contributed by atoms with E-state index in [1.165, 1.54) is 6.92 Å². The zero-order chi connectivity index (χ0) is 46.2. The fourth-order valence-corrected chi connectivity index (χ4v) is 18.7. The zero-order valence-corrected chi connectivity index (χ0v) is 45.1. The van der Waals surface area contributed by atoms with Crippen LogP contribution in [-0.2, 0) is 41.8 Å². The summed E-state index contributed by atoms with van der Waals surface area (Å²) < 4.78 is 46.3. The number of carbonyl (C=O) groups is 2. The number of epoxide rings is 1. The van der Waals surface area contributed by atoms with Crippen molar-refractivity contribution in [3.8, 4) is 0 Å². The van der Waals surface area contributed by atoms with E-state index in [-0.39, 0.29) is 48.7 Å². The first-order valence-electron chi connectivity index (χ1n) is 24.4. The van der Waals surface area contributed by atoms with Gasteiger partial charge in [-0.05, 0) is 106 Å². The molecule has 1 saturated heterocycles. The minimum absolute atomic E-state index is 0.0936. The molecule has 0 aromatic heterocycles. The van der Waals surface area contributed by atoms with Crippen LogP contribution in [0, 0.1) is 11.8 Å². The zero-order valence-electron chi connectivity index (χ0n) is 42.1. The Morgan fingerprint density at radius 1 is 0.902 bits per heavy atom. The summed E-state index contributed by atoms with van der Waals surface area (Å²) in [5.41, 5.74) is -0.451. The molecule has 0 bridgehead atoms. The Kier molecular flexibility index (Phi) is 23.2. The van der Waals surface area contributed by atoms with E-state index in [0.717, 1.165) is 72.8 Å². The molecule has 2 heterocycles. The van der Waals surface area contributed by atoms with E-state index >= 15 is 0 Å². The molecule has 61 heavy (non-hydrogen) atoms. The van der Waals surface area contributed by atoms with E-state index in [9.17, 15) is 9.59 Å². The second-order valence-corrected chi connectivity index (χ2v) is 33.0. The number of hydrogen-bond acceptors (Lipinski definition) is 9. The van der Waals surface area contributed by atoms with Crippen molar-refractivity contribution < 1.29 is 41.8 Å². The van der Waals surface area contributed by atoms with Gasteiger partial charge in [-0.3, -0.25) is 9.59 Å². The van der Waals surface area contributed by atoms with Crippen LogP contribution in [0.2, 0.25) is 54.4 Å². The number of ether oxygens (including phenoxy) is 4. The van der Waals surface area contributed by atoms with Gasteiger partial charge in [0, 0.05) is 38.4 Å². The van der Waals surface area contributed by atoms with E-state index in [0.29, 0.717) is 18.8 Å². The summed E-state index contributed by atoms with van der Waals surface area (Å²) in [7, 11) is -4.20. The van der Waals surface area contributed by atoms with Gasteiger partial charge in [0.05, 0.1) is 30.3 Å². The average molecular weight is 910 g/mol. The van der Waals surface area contributed by atoms with Gasteiger partial charge in [0.25, 0.3) is 0 Å². The van der Waals surface area contributed by atoms with Crippen LogP contribution < -0.4 is 0 Å². The highest BCUT2D eigenvalue weighted by Crippen LogP contribution is 2.43. The van der Waals surface area contributed by atoms with Crippen molar-refractivity contribution in [3.05, 3.63) is 36.0 Å². The number of hydrogen-bond donors (Lipinski definition) is 0. The molecule has 1 fully saturated rings. The molecule has 2 aliphatic rings. The minimum atomic E-state index is -2.07. The molecule has 0 aromatic carbocycles. The molecule has 10 atom stereocenters. The van der Waals surface area contributed by atoms with E-state index in [2.05, 4.69) is 101 Å². The van der Waals surface area contributed by atoms with E-state index in [1.807, 2.05) is 32.9 Å². The Morgan fingerprint density at radius 2 is 1.46 bits per heavy atom. The number of methoxy groups -OCH3 is 1. The lowest BCUT2D eigenvalue weighted by molar-refractivity contribution is -0.160. The third-order valence-electron chi connectivity index (χ3n) is 15.1. The summed E-state index contributed by atoms with van der Waals surface area (Å²) in [4.78, 5) is 26.4. The number of allylic oxidation sites excluding steroid dienone is 2. The van der Waals surface area contributed by atoms with E-state index < -0.39 is 48.4 Å². The van der Waals surface area contributed by atoms with Crippen molar-refractivity contribution in [1.29, 1.82) is 0 Å². The van der Waals surface area contributed by atoms with Crippen molar-refractivity contribution in [2.24, 2.45) is 11.8 Å². The molecule has 5 unspecified atom stereocenters. The highest BCUT2D eigenvalue weighted by atomic mass is 28.4. The molecular formula is C49H92O9Si3. The average Bonchev–Trinajstić information content (AvgIpc) is 4.02. The minimum Gasteiger partial charge on any atom is -0.457 e. The predicted octanol–water partition coefficient (Wildman–Crippen LogP) is 12.9. The Labute approximate surface area is 377 Å². The number of carbonyl (C=O) groups excluding carboxylic acids is 2. The van der Waals surface area contributed by atoms with Crippen molar-refractivity contribution in [2.75, 3.05) is 7.11 Å². The van der Waals surface area contributed by atoms with Gasteiger partial charge in [-0.25, -0.2) is 0 Å². The third kappa shape index (κ3) is 15.6. The van der Waals surface area contributed by atoms with Crippen molar-refractivity contribution >= 4 is 36.9 Å².